The molecule has 2 aromatic rings. The molecular weight excluding hydrogens is 212 g/mol. The molecule has 0 unspecified atom stereocenters. The van der Waals surface area contributed by atoms with Crippen LogP contribution in [0.1, 0.15) is 25.3 Å². The Morgan fingerprint density at radius 2 is 2.20 bits per heavy atom. The Hall–Kier alpha value is -1.22. The fourth-order valence-electron chi connectivity index (χ4n) is 2.11. The molecule has 1 aromatic heterocycles. The average molecular weight is 223 g/mol. The number of benzene rings is 1. The summed E-state index contributed by atoms with van der Waals surface area (Å²) < 4.78 is 1.86. The molecule has 4 heteroatoms. The van der Waals surface area contributed by atoms with Gasteiger partial charge in [0.2, 0.25) is 0 Å². The molecule has 15 heavy (non-hydrogen) atoms. The molecule has 1 aliphatic carbocycles. The van der Waals surface area contributed by atoms with Crippen LogP contribution in [0.25, 0.3) is 11.0 Å². The summed E-state index contributed by atoms with van der Waals surface area (Å²) >= 11 is 5.88. The third-order valence-electron chi connectivity index (χ3n) is 3.12. The molecule has 1 fully saturated rings. The molecule has 0 saturated heterocycles. The van der Waals surface area contributed by atoms with Crippen molar-refractivity contribution in [2.45, 2.75) is 25.3 Å². The second kappa shape index (κ2) is 3.14. The van der Waals surface area contributed by atoms with Crippen LogP contribution in [-0.4, -0.2) is 9.55 Å². The van der Waals surface area contributed by atoms with E-state index in [2.05, 4.69) is 4.98 Å². The first kappa shape index (κ1) is 9.04. The van der Waals surface area contributed by atoms with Crippen LogP contribution in [0, 0.1) is 0 Å². The largest absolute Gasteiger partial charge is 0.326 e. The zero-order valence-electron chi connectivity index (χ0n) is 8.16. The van der Waals surface area contributed by atoms with Crippen molar-refractivity contribution in [2.24, 2.45) is 0 Å². The van der Waals surface area contributed by atoms with E-state index in [9.17, 15) is 4.79 Å². The van der Waals surface area contributed by atoms with Gasteiger partial charge >= 0.3 is 5.69 Å². The SMILES string of the molecule is O=c1[nH]c2cc(Cl)ccc2n1C1CCC1. The van der Waals surface area contributed by atoms with Crippen molar-refractivity contribution >= 4 is 22.6 Å². The van der Waals surface area contributed by atoms with Gasteiger partial charge in [-0.1, -0.05) is 11.6 Å². The first-order valence-electron chi connectivity index (χ1n) is 5.15. The highest BCUT2D eigenvalue weighted by molar-refractivity contribution is 6.31. The maximum Gasteiger partial charge on any atom is 0.326 e. The Kier molecular flexibility index (Phi) is 1.89. The van der Waals surface area contributed by atoms with Crippen LogP contribution in [0.5, 0.6) is 0 Å². The molecule has 1 aromatic carbocycles. The quantitative estimate of drug-likeness (QED) is 0.792. The van der Waals surface area contributed by atoms with E-state index in [-0.39, 0.29) is 5.69 Å². The van der Waals surface area contributed by atoms with Gasteiger partial charge in [0.05, 0.1) is 11.0 Å². The van der Waals surface area contributed by atoms with Crippen LogP contribution in [-0.2, 0) is 0 Å². The van der Waals surface area contributed by atoms with Crippen molar-refractivity contribution in [3.8, 4) is 0 Å². The van der Waals surface area contributed by atoms with E-state index in [4.69, 9.17) is 11.6 Å². The second-order valence-electron chi connectivity index (χ2n) is 4.05. The van der Waals surface area contributed by atoms with E-state index in [1.54, 1.807) is 6.07 Å². The monoisotopic (exact) mass is 222 g/mol. The van der Waals surface area contributed by atoms with Crippen LogP contribution in [0.3, 0.4) is 0 Å². The van der Waals surface area contributed by atoms with Gasteiger partial charge in [-0.15, -0.1) is 0 Å². The number of halogens is 1. The number of hydrogen-bond donors (Lipinski definition) is 1. The molecule has 3 rings (SSSR count). The molecule has 0 amide bonds. The number of nitrogens with one attached hydrogen (secondary N) is 1. The van der Waals surface area contributed by atoms with Gasteiger partial charge in [-0.05, 0) is 37.5 Å². The number of rotatable bonds is 1. The van der Waals surface area contributed by atoms with Crippen molar-refractivity contribution < 1.29 is 0 Å². The highest BCUT2D eigenvalue weighted by Crippen LogP contribution is 2.32. The fourth-order valence-corrected chi connectivity index (χ4v) is 2.28. The van der Waals surface area contributed by atoms with Gasteiger partial charge in [-0.2, -0.15) is 0 Å². The van der Waals surface area contributed by atoms with E-state index < -0.39 is 0 Å². The third-order valence-corrected chi connectivity index (χ3v) is 3.35. The Morgan fingerprint density at radius 1 is 1.40 bits per heavy atom. The maximum atomic E-state index is 11.7. The zero-order chi connectivity index (χ0) is 10.4. The second-order valence-corrected chi connectivity index (χ2v) is 4.48. The minimum atomic E-state index is -0.0167. The van der Waals surface area contributed by atoms with Crippen LogP contribution < -0.4 is 5.69 Å². The Balaban J connectivity index is 2.27. The number of aromatic nitrogens is 2. The van der Waals surface area contributed by atoms with Crippen molar-refractivity contribution in [1.82, 2.24) is 9.55 Å². The van der Waals surface area contributed by atoms with Crippen molar-refractivity contribution in [3.05, 3.63) is 33.7 Å². The first-order valence-corrected chi connectivity index (χ1v) is 5.53. The number of nitrogens with zero attached hydrogens (tertiary/aromatic N) is 1. The molecule has 0 radical (unpaired) electrons. The molecule has 1 saturated carbocycles. The van der Waals surface area contributed by atoms with Gasteiger partial charge in [0.25, 0.3) is 0 Å². The molecule has 78 valence electrons. The predicted molar refractivity (Wildman–Crippen MR) is 60.5 cm³/mol. The normalized spacial score (nSPS) is 16.9. The van der Waals surface area contributed by atoms with Gasteiger partial charge in [-0.25, -0.2) is 4.79 Å². The summed E-state index contributed by atoms with van der Waals surface area (Å²) in [5.41, 5.74) is 1.78. The number of imidazole rings is 1. The predicted octanol–water partition coefficient (Wildman–Crippen LogP) is 2.71. The highest BCUT2D eigenvalue weighted by atomic mass is 35.5. The lowest BCUT2D eigenvalue weighted by Crippen LogP contribution is -2.26. The lowest BCUT2D eigenvalue weighted by Gasteiger charge is -2.26. The van der Waals surface area contributed by atoms with Crippen molar-refractivity contribution in [2.75, 3.05) is 0 Å². The standard InChI is InChI=1S/C11H11ClN2O/c12-7-4-5-10-9(6-7)13-11(15)14(10)8-2-1-3-8/h4-6,8H,1-3H2,(H,13,15). The van der Waals surface area contributed by atoms with Crippen LogP contribution >= 0.6 is 11.6 Å². The van der Waals surface area contributed by atoms with Gasteiger partial charge in [0, 0.05) is 11.1 Å². The molecule has 3 nitrogen and oxygen atoms in total. The summed E-state index contributed by atoms with van der Waals surface area (Å²) in [6.07, 6.45) is 3.43. The Bertz CT molecular complexity index is 565. The van der Waals surface area contributed by atoms with Gasteiger partial charge in [0.15, 0.2) is 0 Å². The molecule has 1 N–H and O–H groups in total. The summed E-state index contributed by atoms with van der Waals surface area (Å²) in [5.74, 6) is 0. The smallest absolute Gasteiger partial charge is 0.305 e. The van der Waals surface area contributed by atoms with E-state index in [0.29, 0.717) is 11.1 Å². The number of hydrogen-bond acceptors (Lipinski definition) is 1. The summed E-state index contributed by atoms with van der Waals surface area (Å²) in [4.78, 5) is 14.6. The third kappa shape index (κ3) is 1.30. The first-order chi connectivity index (χ1) is 7.25. The van der Waals surface area contributed by atoms with Gasteiger partial charge in [0.1, 0.15) is 0 Å². The fraction of sp³-hybridized carbons (Fsp3) is 0.364. The minimum Gasteiger partial charge on any atom is -0.305 e. The number of aromatic amines is 1. The molecule has 0 aliphatic heterocycles. The van der Waals surface area contributed by atoms with Crippen LogP contribution in [0.2, 0.25) is 5.02 Å². The van der Waals surface area contributed by atoms with E-state index in [1.807, 2.05) is 16.7 Å². The number of fused-ring (bicyclic) bond motifs is 1. The topological polar surface area (TPSA) is 37.8 Å². The lowest BCUT2D eigenvalue weighted by molar-refractivity contribution is 0.314. The minimum absolute atomic E-state index is 0.0167. The maximum absolute atomic E-state index is 11.7. The van der Waals surface area contributed by atoms with E-state index in [0.717, 1.165) is 23.9 Å². The van der Waals surface area contributed by atoms with Crippen LogP contribution in [0.4, 0.5) is 0 Å². The molecule has 1 heterocycles. The Morgan fingerprint density at radius 3 is 2.87 bits per heavy atom. The summed E-state index contributed by atoms with van der Waals surface area (Å²) in [6, 6.07) is 5.92. The summed E-state index contributed by atoms with van der Waals surface area (Å²) in [5, 5.41) is 0.657. The van der Waals surface area contributed by atoms with Crippen molar-refractivity contribution in [1.29, 1.82) is 0 Å². The number of H-pyrrole nitrogens is 1. The summed E-state index contributed by atoms with van der Waals surface area (Å²) in [6.45, 7) is 0. The Labute approximate surface area is 91.7 Å². The van der Waals surface area contributed by atoms with Crippen LogP contribution in [0.15, 0.2) is 23.0 Å². The van der Waals surface area contributed by atoms with Gasteiger partial charge < -0.3 is 4.98 Å². The molecule has 0 spiro atoms. The summed E-state index contributed by atoms with van der Waals surface area (Å²) in [7, 11) is 0. The zero-order valence-corrected chi connectivity index (χ0v) is 8.92. The molecule has 1 aliphatic rings. The molecular formula is C11H11ClN2O. The molecule has 0 bridgehead atoms. The average Bonchev–Trinajstić information content (AvgIpc) is 2.40. The van der Waals surface area contributed by atoms with E-state index in [1.165, 1.54) is 6.42 Å². The van der Waals surface area contributed by atoms with E-state index >= 15 is 0 Å². The molecule has 0 atom stereocenters. The van der Waals surface area contributed by atoms with Crippen molar-refractivity contribution in [3.63, 3.8) is 0 Å². The highest BCUT2D eigenvalue weighted by Gasteiger charge is 2.23. The van der Waals surface area contributed by atoms with Gasteiger partial charge in [-0.3, -0.25) is 4.57 Å². The lowest BCUT2D eigenvalue weighted by atomic mass is 9.93.